The number of thiophene rings is 1. The van der Waals surface area contributed by atoms with Gasteiger partial charge < -0.3 is 10.4 Å². The number of benzene rings is 1. The van der Waals surface area contributed by atoms with Crippen molar-refractivity contribution in [1.82, 2.24) is 4.98 Å². The monoisotopic (exact) mass is 302 g/mol. The van der Waals surface area contributed by atoms with Crippen molar-refractivity contribution in [3.05, 3.63) is 57.7 Å². The predicted molar refractivity (Wildman–Crippen MR) is 85.1 cm³/mol. The maximum absolute atomic E-state index is 9.30. The average molecular weight is 302 g/mol. The third kappa shape index (κ3) is 2.90. The molecule has 102 valence electrons. The van der Waals surface area contributed by atoms with Crippen molar-refractivity contribution < 1.29 is 5.11 Å². The van der Waals surface area contributed by atoms with E-state index in [1.54, 1.807) is 22.7 Å². The molecule has 0 aliphatic rings. The Labute approximate surface area is 125 Å². The molecule has 0 saturated heterocycles. The van der Waals surface area contributed by atoms with Crippen LogP contribution in [0.1, 0.15) is 10.4 Å². The van der Waals surface area contributed by atoms with Gasteiger partial charge in [-0.2, -0.15) is 11.3 Å². The van der Waals surface area contributed by atoms with Gasteiger partial charge >= 0.3 is 0 Å². The van der Waals surface area contributed by atoms with Gasteiger partial charge in [0.2, 0.25) is 0 Å². The number of aliphatic hydroxyl groups is 1. The summed E-state index contributed by atoms with van der Waals surface area (Å²) in [7, 11) is 0. The Morgan fingerprint density at radius 3 is 2.90 bits per heavy atom. The zero-order valence-corrected chi connectivity index (χ0v) is 12.4. The molecule has 0 saturated carbocycles. The van der Waals surface area contributed by atoms with E-state index in [2.05, 4.69) is 27.1 Å². The zero-order valence-electron chi connectivity index (χ0n) is 10.7. The van der Waals surface area contributed by atoms with Gasteiger partial charge in [-0.25, -0.2) is 4.98 Å². The summed E-state index contributed by atoms with van der Waals surface area (Å²) in [6.45, 7) is 0.769. The fraction of sp³-hybridized carbons (Fsp3) is 0.133. The fourth-order valence-corrected chi connectivity index (χ4v) is 3.49. The first kappa shape index (κ1) is 13.3. The number of nitrogens with one attached hydrogen (secondary N) is 1. The Hall–Kier alpha value is -1.69. The average Bonchev–Trinajstić information content (AvgIpc) is 3.16. The molecule has 2 aromatic heterocycles. The van der Waals surface area contributed by atoms with Crippen LogP contribution in [0.4, 0.5) is 5.69 Å². The van der Waals surface area contributed by atoms with Crippen LogP contribution in [0.15, 0.2) is 47.3 Å². The Morgan fingerprint density at radius 1 is 1.20 bits per heavy atom. The lowest BCUT2D eigenvalue weighted by molar-refractivity contribution is 0.282. The lowest BCUT2D eigenvalue weighted by Crippen LogP contribution is -2.00. The van der Waals surface area contributed by atoms with Crippen LogP contribution in [0.2, 0.25) is 0 Å². The SMILES string of the molecule is OCc1ccccc1NCc1cnc(-c2ccsc2)s1. The fourth-order valence-electron chi connectivity index (χ4n) is 1.92. The van der Waals surface area contributed by atoms with Crippen molar-refractivity contribution in [3.63, 3.8) is 0 Å². The molecule has 3 aromatic rings. The van der Waals surface area contributed by atoms with Gasteiger partial charge in [0.15, 0.2) is 0 Å². The molecule has 1 aromatic carbocycles. The van der Waals surface area contributed by atoms with Crippen molar-refractivity contribution in [1.29, 1.82) is 0 Å². The zero-order chi connectivity index (χ0) is 13.8. The van der Waals surface area contributed by atoms with Crippen molar-refractivity contribution in [2.45, 2.75) is 13.2 Å². The molecule has 0 aliphatic carbocycles. The van der Waals surface area contributed by atoms with Gasteiger partial charge in [0.05, 0.1) is 13.2 Å². The first-order chi connectivity index (χ1) is 9.86. The van der Waals surface area contributed by atoms with E-state index in [1.165, 1.54) is 10.4 Å². The number of hydrogen-bond acceptors (Lipinski definition) is 5. The van der Waals surface area contributed by atoms with Gasteiger partial charge in [0, 0.05) is 33.3 Å². The number of aliphatic hydroxyl groups excluding tert-OH is 1. The third-order valence-corrected chi connectivity index (χ3v) is 4.69. The second kappa shape index (κ2) is 6.17. The smallest absolute Gasteiger partial charge is 0.124 e. The van der Waals surface area contributed by atoms with Crippen molar-refractivity contribution in [3.8, 4) is 10.6 Å². The second-order valence-corrected chi connectivity index (χ2v) is 6.21. The van der Waals surface area contributed by atoms with Crippen LogP contribution >= 0.6 is 22.7 Å². The molecule has 2 heterocycles. The maximum Gasteiger partial charge on any atom is 0.124 e. The topological polar surface area (TPSA) is 45.1 Å². The first-order valence-electron chi connectivity index (χ1n) is 6.27. The highest BCUT2D eigenvalue weighted by Crippen LogP contribution is 2.27. The Kier molecular flexibility index (Phi) is 4.11. The van der Waals surface area contributed by atoms with E-state index in [4.69, 9.17) is 0 Å². The maximum atomic E-state index is 9.30. The van der Waals surface area contributed by atoms with Crippen LogP contribution in [0, 0.1) is 0 Å². The molecule has 0 amide bonds. The van der Waals surface area contributed by atoms with Gasteiger partial charge in [0.1, 0.15) is 5.01 Å². The summed E-state index contributed by atoms with van der Waals surface area (Å²) in [6.07, 6.45) is 1.91. The summed E-state index contributed by atoms with van der Waals surface area (Å²) in [4.78, 5) is 5.63. The Morgan fingerprint density at radius 2 is 2.10 bits per heavy atom. The van der Waals surface area contributed by atoms with Gasteiger partial charge in [-0.3, -0.25) is 0 Å². The third-order valence-electron chi connectivity index (χ3n) is 2.96. The van der Waals surface area contributed by atoms with Gasteiger partial charge in [-0.1, -0.05) is 18.2 Å². The van der Waals surface area contributed by atoms with Gasteiger partial charge in [0.25, 0.3) is 0 Å². The summed E-state index contributed by atoms with van der Waals surface area (Å²) in [6, 6.07) is 9.88. The first-order valence-corrected chi connectivity index (χ1v) is 8.02. The van der Waals surface area contributed by atoms with Gasteiger partial charge in [-0.05, 0) is 17.5 Å². The molecular weight excluding hydrogens is 288 g/mol. The largest absolute Gasteiger partial charge is 0.392 e. The molecule has 5 heteroatoms. The number of nitrogens with zero attached hydrogens (tertiary/aromatic N) is 1. The number of anilines is 1. The highest BCUT2D eigenvalue weighted by molar-refractivity contribution is 7.15. The van der Waals surface area contributed by atoms with Crippen LogP contribution in [0.25, 0.3) is 10.6 Å². The molecule has 0 bridgehead atoms. The molecule has 0 fully saturated rings. The van der Waals surface area contributed by atoms with Crippen LogP contribution in [-0.4, -0.2) is 10.1 Å². The second-order valence-electron chi connectivity index (χ2n) is 4.31. The summed E-state index contributed by atoms with van der Waals surface area (Å²) in [5.41, 5.74) is 3.07. The molecule has 20 heavy (non-hydrogen) atoms. The van der Waals surface area contributed by atoms with Crippen LogP contribution in [0.3, 0.4) is 0 Å². The lowest BCUT2D eigenvalue weighted by atomic mass is 10.2. The van der Waals surface area contributed by atoms with Crippen molar-refractivity contribution >= 4 is 28.4 Å². The van der Waals surface area contributed by atoms with E-state index in [0.717, 1.165) is 22.8 Å². The number of thiazole rings is 1. The molecule has 0 atom stereocenters. The minimum Gasteiger partial charge on any atom is -0.392 e. The quantitative estimate of drug-likeness (QED) is 0.749. The van der Waals surface area contributed by atoms with Crippen LogP contribution in [-0.2, 0) is 13.2 Å². The molecule has 3 rings (SSSR count). The van der Waals surface area contributed by atoms with Crippen LogP contribution < -0.4 is 5.32 Å². The summed E-state index contributed by atoms with van der Waals surface area (Å²) in [5.74, 6) is 0. The number of para-hydroxylation sites is 1. The number of rotatable bonds is 5. The molecule has 3 nitrogen and oxygen atoms in total. The van der Waals surface area contributed by atoms with E-state index in [9.17, 15) is 5.11 Å². The molecule has 0 spiro atoms. The van der Waals surface area contributed by atoms with E-state index in [-0.39, 0.29) is 6.61 Å². The minimum atomic E-state index is 0.0476. The van der Waals surface area contributed by atoms with E-state index >= 15 is 0 Å². The molecular formula is C15H14N2OS2. The van der Waals surface area contributed by atoms with Gasteiger partial charge in [-0.15, -0.1) is 11.3 Å². The number of hydrogen-bond donors (Lipinski definition) is 2. The Bertz CT molecular complexity index is 677. The minimum absolute atomic E-state index is 0.0476. The summed E-state index contributed by atoms with van der Waals surface area (Å²) < 4.78 is 0. The van der Waals surface area contributed by atoms with Crippen LogP contribution in [0.5, 0.6) is 0 Å². The predicted octanol–water partition coefficient (Wildman–Crippen LogP) is 3.98. The van der Waals surface area contributed by atoms with Crippen molar-refractivity contribution in [2.24, 2.45) is 0 Å². The molecule has 2 N–H and O–H groups in total. The summed E-state index contributed by atoms with van der Waals surface area (Å²) in [5, 5.41) is 17.9. The van der Waals surface area contributed by atoms with E-state index < -0.39 is 0 Å². The molecule has 0 radical (unpaired) electrons. The van der Waals surface area contributed by atoms with E-state index in [0.29, 0.717) is 0 Å². The lowest BCUT2D eigenvalue weighted by Gasteiger charge is -2.08. The highest BCUT2D eigenvalue weighted by atomic mass is 32.1. The number of aromatic nitrogens is 1. The summed E-state index contributed by atoms with van der Waals surface area (Å²) >= 11 is 3.38. The molecule has 0 aliphatic heterocycles. The molecule has 0 unspecified atom stereocenters. The normalized spacial score (nSPS) is 10.7. The standard InChI is InChI=1S/C15H14N2OS2/c18-9-11-3-1-2-4-14(11)16-7-13-8-17-15(20-13)12-5-6-19-10-12/h1-6,8,10,16,18H,7,9H2. The highest BCUT2D eigenvalue weighted by Gasteiger charge is 2.06. The van der Waals surface area contributed by atoms with E-state index in [1.807, 2.05) is 30.5 Å². The Balaban J connectivity index is 1.70. The van der Waals surface area contributed by atoms with Crippen molar-refractivity contribution in [2.75, 3.05) is 5.32 Å².